The molecule has 5 aromatic carbocycles. The van der Waals surface area contributed by atoms with Crippen molar-refractivity contribution in [3.8, 4) is 39.1 Å². The van der Waals surface area contributed by atoms with Gasteiger partial charge in [-0.3, -0.25) is 0 Å². The second kappa shape index (κ2) is 13.1. The number of halogens is 8. The zero-order valence-corrected chi connectivity index (χ0v) is 23.9. The molecular formula is C36H26F8O. The molecule has 0 aromatic heterocycles. The molecule has 5 rings (SSSR count). The Hall–Kier alpha value is -4.66. The monoisotopic (exact) mass is 626 g/mol. The maximum atomic E-state index is 15.0. The standard InChI is InChI=1S/C36H26F8O/c1-2-3-4-5-21-6-13-27(30(37)16-21)24-10-15-29(32(39)18-24)36(43,44)45-26-11-7-22(8-12-26)23-9-14-28(31(38)17-23)25-19-33(40)35(42)34(41)20-25/h6-20H,2-5H2,1H3. The predicted molar refractivity (Wildman–Crippen MR) is 157 cm³/mol. The molecule has 0 saturated heterocycles. The lowest BCUT2D eigenvalue weighted by atomic mass is 9.99. The van der Waals surface area contributed by atoms with Crippen LogP contribution in [0.2, 0.25) is 0 Å². The molecule has 0 N–H and O–H groups in total. The first-order valence-corrected chi connectivity index (χ1v) is 14.2. The molecule has 9 heteroatoms. The molecule has 0 radical (unpaired) electrons. The van der Waals surface area contributed by atoms with Gasteiger partial charge in [-0.05, 0) is 89.2 Å². The average molecular weight is 627 g/mol. The number of aryl methyl sites for hydroxylation is 1. The summed E-state index contributed by atoms with van der Waals surface area (Å²) in [5.74, 6) is -7.62. The van der Waals surface area contributed by atoms with E-state index < -0.39 is 46.6 Å². The fraction of sp³-hybridized carbons (Fsp3) is 0.167. The molecule has 0 heterocycles. The molecule has 232 valence electrons. The fourth-order valence-electron chi connectivity index (χ4n) is 5.00. The number of benzene rings is 5. The minimum absolute atomic E-state index is 0.0842. The number of ether oxygens (including phenoxy) is 1. The van der Waals surface area contributed by atoms with Crippen molar-refractivity contribution in [1.29, 1.82) is 0 Å². The summed E-state index contributed by atoms with van der Waals surface area (Å²) >= 11 is 0. The second-order valence-electron chi connectivity index (χ2n) is 10.6. The summed E-state index contributed by atoms with van der Waals surface area (Å²) < 4.78 is 120. The highest BCUT2D eigenvalue weighted by Crippen LogP contribution is 2.37. The molecule has 0 aliphatic rings. The highest BCUT2D eigenvalue weighted by molar-refractivity contribution is 5.71. The Labute approximate surface area is 254 Å². The van der Waals surface area contributed by atoms with E-state index in [1.807, 2.05) is 0 Å². The smallest absolute Gasteiger partial charge is 0.429 e. The van der Waals surface area contributed by atoms with Gasteiger partial charge >= 0.3 is 6.11 Å². The third-order valence-electron chi connectivity index (χ3n) is 7.39. The summed E-state index contributed by atoms with van der Waals surface area (Å²) in [6.45, 7) is 2.06. The van der Waals surface area contributed by atoms with E-state index in [-0.39, 0.29) is 28.0 Å². The van der Waals surface area contributed by atoms with Crippen molar-refractivity contribution in [2.24, 2.45) is 0 Å². The highest BCUT2D eigenvalue weighted by atomic mass is 19.3. The van der Waals surface area contributed by atoms with Gasteiger partial charge in [0.05, 0.1) is 5.56 Å². The Morgan fingerprint density at radius 1 is 0.533 bits per heavy atom. The van der Waals surface area contributed by atoms with Crippen molar-refractivity contribution in [2.45, 2.75) is 38.7 Å². The Kier molecular flexibility index (Phi) is 9.27. The molecule has 0 bridgehead atoms. The van der Waals surface area contributed by atoms with Crippen molar-refractivity contribution in [2.75, 3.05) is 0 Å². The molecule has 0 amide bonds. The van der Waals surface area contributed by atoms with Crippen LogP contribution in [0.3, 0.4) is 0 Å². The van der Waals surface area contributed by atoms with Crippen LogP contribution in [-0.4, -0.2) is 0 Å². The number of unbranched alkanes of at least 4 members (excludes halogenated alkanes) is 2. The first-order chi connectivity index (χ1) is 21.5. The summed E-state index contributed by atoms with van der Waals surface area (Å²) in [7, 11) is 0. The van der Waals surface area contributed by atoms with Crippen molar-refractivity contribution in [3.63, 3.8) is 0 Å². The first-order valence-electron chi connectivity index (χ1n) is 14.2. The van der Waals surface area contributed by atoms with Crippen molar-refractivity contribution in [1.82, 2.24) is 0 Å². The molecule has 45 heavy (non-hydrogen) atoms. The normalized spacial score (nSPS) is 11.6. The average Bonchev–Trinajstić information content (AvgIpc) is 3.00. The zero-order valence-electron chi connectivity index (χ0n) is 23.9. The summed E-state index contributed by atoms with van der Waals surface area (Å²) in [4.78, 5) is 0. The fourth-order valence-corrected chi connectivity index (χ4v) is 5.00. The number of hydrogen-bond acceptors (Lipinski definition) is 1. The lowest BCUT2D eigenvalue weighted by Gasteiger charge is -2.19. The Morgan fingerprint density at radius 3 is 1.71 bits per heavy atom. The van der Waals surface area contributed by atoms with Crippen LogP contribution in [0.4, 0.5) is 35.1 Å². The van der Waals surface area contributed by atoms with Crippen molar-refractivity contribution in [3.05, 3.63) is 137 Å². The van der Waals surface area contributed by atoms with E-state index in [9.17, 15) is 26.3 Å². The third-order valence-corrected chi connectivity index (χ3v) is 7.39. The van der Waals surface area contributed by atoms with Gasteiger partial charge in [0.1, 0.15) is 23.2 Å². The Morgan fingerprint density at radius 2 is 1.09 bits per heavy atom. The molecule has 0 aliphatic carbocycles. The molecule has 0 fully saturated rings. The van der Waals surface area contributed by atoms with E-state index in [0.717, 1.165) is 43.0 Å². The summed E-state index contributed by atoms with van der Waals surface area (Å²) in [6, 6.07) is 17.7. The number of hydrogen-bond donors (Lipinski definition) is 0. The largest absolute Gasteiger partial charge is 0.429 e. The van der Waals surface area contributed by atoms with Crippen molar-refractivity contribution < 1.29 is 39.9 Å². The SMILES string of the molecule is CCCCCc1ccc(-c2ccc(C(F)(F)Oc3ccc(-c4ccc(-c5cc(F)c(F)c(F)c5)c(F)c4)cc3)c(F)c2)c(F)c1. The first kappa shape index (κ1) is 31.8. The number of rotatable bonds is 10. The maximum Gasteiger partial charge on any atom is 0.429 e. The second-order valence-corrected chi connectivity index (χ2v) is 10.6. The van der Waals surface area contributed by atoms with Gasteiger partial charge in [0.2, 0.25) is 0 Å². The summed E-state index contributed by atoms with van der Waals surface area (Å²) in [5.41, 5.74) is 0.255. The molecule has 0 saturated carbocycles. The molecule has 1 nitrogen and oxygen atoms in total. The van der Waals surface area contributed by atoms with Gasteiger partial charge in [0, 0.05) is 11.1 Å². The van der Waals surface area contributed by atoms with E-state index in [0.29, 0.717) is 29.7 Å². The number of alkyl halides is 2. The lowest BCUT2D eigenvalue weighted by molar-refractivity contribution is -0.187. The minimum atomic E-state index is -4.08. The topological polar surface area (TPSA) is 9.23 Å². The van der Waals surface area contributed by atoms with Gasteiger partial charge in [-0.1, -0.05) is 62.2 Å². The minimum Gasteiger partial charge on any atom is -0.429 e. The Bertz CT molecular complexity index is 1810. The lowest BCUT2D eigenvalue weighted by Crippen LogP contribution is -2.23. The third kappa shape index (κ3) is 7.03. The van der Waals surface area contributed by atoms with Crippen LogP contribution >= 0.6 is 0 Å². The van der Waals surface area contributed by atoms with Gasteiger partial charge in [0.15, 0.2) is 17.5 Å². The molecule has 5 aromatic rings. The molecule has 0 spiro atoms. The van der Waals surface area contributed by atoms with Gasteiger partial charge in [-0.25, -0.2) is 26.3 Å². The molecule has 0 atom stereocenters. The van der Waals surface area contributed by atoms with Gasteiger partial charge < -0.3 is 4.74 Å². The van der Waals surface area contributed by atoms with Crippen LogP contribution in [-0.2, 0) is 12.5 Å². The molecule has 0 aliphatic heterocycles. The van der Waals surface area contributed by atoms with Gasteiger partial charge in [0.25, 0.3) is 0 Å². The van der Waals surface area contributed by atoms with Crippen LogP contribution < -0.4 is 4.74 Å². The van der Waals surface area contributed by atoms with Crippen LogP contribution in [0.5, 0.6) is 5.75 Å². The van der Waals surface area contributed by atoms with Crippen LogP contribution in [0.15, 0.2) is 91.0 Å². The zero-order chi connectivity index (χ0) is 32.3. The van der Waals surface area contributed by atoms with E-state index in [1.54, 1.807) is 6.07 Å². The van der Waals surface area contributed by atoms with E-state index in [2.05, 4.69) is 6.92 Å². The van der Waals surface area contributed by atoms with E-state index in [1.165, 1.54) is 54.6 Å². The van der Waals surface area contributed by atoms with Crippen molar-refractivity contribution >= 4 is 0 Å². The van der Waals surface area contributed by atoms with Gasteiger partial charge in [-0.15, -0.1) is 0 Å². The Balaban J connectivity index is 1.30. The summed E-state index contributed by atoms with van der Waals surface area (Å²) in [5, 5.41) is 0. The van der Waals surface area contributed by atoms with Gasteiger partial charge in [-0.2, -0.15) is 8.78 Å². The quantitative estimate of drug-likeness (QED) is 0.0852. The summed E-state index contributed by atoms with van der Waals surface area (Å²) in [6.07, 6.45) is -0.433. The van der Waals surface area contributed by atoms with E-state index in [4.69, 9.17) is 4.74 Å². The van der Waals surface area contributed by atoms with E-state index >= 15 is 8.78 Å². The predicted octanol–water partition coefficient (Wildman–Crippen LogP) is 11.4. The van der Waals surface area contributed by atoms with Crippen LogP contribution in [0.1, 0.15) is 37.3 Å². The maximum absolute atomic E-state index is 15.0. The van der Waals surface area contributed by atoms with Crippen LogP contribution in [0.25, 0.3) is 33.4 Å². The van der Waals surface area contributed by atoms with Crippen LogP contribution in [0, 0.1) is 34.9 Å². The highest BCUT2D eigenvalue weighted by Gasteiger charge is 2.38. The molecular weight excluding hydrogens is 600 g/mol. The molecule has 0 unspecified atom stereocenters.